The molecule has 198 valence electrons. The van der Waals surface area contributed by atoms with Gasteiger partial charge in [-0.25, -0.2) is 0 Å². The van der Waals surface area contributed by atoms with Crippen LogP contribution in [0.1, 0.15) is 47.5 Å². The van der Waals surface area contributed by atoms with Gasteiger partial charge in [-0.1, -0.05) is 79.8 Å². The van der Waals surface area contributed by atoms with Crippen molar-refractivity contribution in [2.75, 3.05) is 10.5 Å². The average molecular weight is 578 g/mol. The second-order valence-electron chi connectivity index (χ2n) is 8.91. The van der Waals surface area contributed by atoms with Crippen LogP contribution in [0.25, 0.3) is 22.8 Å². The Morgan fingerprint density at radius 2 is 1.84 bits per heavy atom. The molecule has 0 aliphatic carbocycles. The van der Waals surface area contributed by atoms with Crippen LogP contribution in [0.4, 0.5) is 5.69 Å². The molecule has 4 nitrogen and oxygen atoms in total. The van der Waals surface area contributed by atoms with E-state index in [2.05, 4.69) is 51.5 Å². The van der Waals surface area contributed by atoms with Gasteiger partial charge in [-0.2, -0.15) is 0 Å². The summed E-state index contributed by atoms with van der Waals surface area (Å²) in [6, 6.07) is 11.2. The van der Waals surface area contributed by atoms with Crippen LogP contribution in [0.3, 0.4) is 0 Å². The predicted octanol–water partition coefficient (Wildman–Crippen LogP) is 8.29. The Kier molecular flexibility index (Phi) is 10.9. The molecule has 0 bridgehead atoms. The van der Waals surface area contributed by atoms with Gasteiger partial charge in [0.15, 0.2) is 0 Å². The third-order valence-electron chi connectivity index (χ3n) is 6.18. The summed E-state index contributed by atoms with van der Waals surface area (Å²) >= 11 is 12.6. The van der Waals surface area contributed by atoms with Gasteiger partial charge in [0.1, 0.15) is 11.5 Å². The molecule has 1 unspecified atom stereocenters. The summed E-state index contributed by atoms with van der Waals surface area (Å²) < 4.78 is 11.4. The van der Waals surface area contributed by atoms with E-state index in [9.17, 15) is 4.79 Å². The molecule has 1 atom stereocenters. The highest BCUT2D eigenvalue weighted by molar-refractivity contribution is 8.77. The molecule has 0 aliphatic rings. The molecule has 0 spiro atoms. The summed E-state index contributed by atoms with van der Waals surface area (Å²) in [5, 5.41) is 2.67. The van der Waals surface area contributed by atoms with Crippen molar-refractivity contribution in [2.24, 2.45) is 13.0 Å². The first-order chi connectivity index (χ1) is 17.7. The maximum Gasteiger partial charge on any atom is 0.257 e. The Bertz CT molecular complexity index is 1440. The number of aromatic nitrogens is 1. The average Bonchev–Trinajstić information content (AvgIpc) is 2.88. The normalized spacial score (nSPS) is 13.5. The van der Waals surface area contributed by atoms with Gasteiger partial charge in [-0.05, 0) is 60.9 Å². The van der Waals surface area contributed by atoms with E-state index in [-0.39, 0.29) is 11.5 Å². The van der Waals surface area contributed by atoms with Crippen LogP contribution < -0.4 is 25.5 Å². The minimum Gasteiger partial charge on any atom is -0.455 e. The van der Waals surface area contributed by atoms with Crippen LogP contribution in [-0.2, 0) is 7.05 Å². The zero-order valence-electron chi connectivity index (χ0n) is 22.2. The molecule has 37 heavy (non-hydrogen) atoms. The van der Waals surface area contributed by atoms with Crippen LogP contribution >= 0.6 is 45.0 Å². The molecule has 1 heterocycles. The highest BCUT2D eigenvalue weighted by atomic mass is 35.5. The molecule has 1 aromatic heterocycles. The number of benzene rings is 2. The summed E-state index contributed by atoms with van der Waals surface area (Å²) in [5.41, 5.74) is 3.89. The molecule has 8 heteroatoms. The lowest BCUT2D eigenvalue weighted by Crippen LogP contribution is -2.46. The van der Waals surface area contributed by atoms with Gasteiger partial charge in [0.05, 0.1) is 5.02 Å². The molecular formula is C29H34Cl2N2O2S2. The van der Waals surface area contributed by atoms with E-state index in [4.69, 9.17) is 27.9 Å². The number of hydrogen-bond donors (Lipinski definition) is 1. The van der Waals surface area contributed by atoms with Gasteiger partial charge < -0.3 is 14.0 Å². The van der Waals surface area contributed by atoms with Crippen LogP contribution in [0.5, 0.6) is 11.5 Å². The van der Waals surface area contributed by atoms with Crippen molar-refractivity contribution < 1.29 is 4.74 Å². The Labute approximate surface area is 237 Å². The molecule has 0 aliphatic heterocycles. The third-order valence-corrected chi connectivity index (χ3v) is 8.70. The number of aryl methyl sites for hydroxylation is 1. The highest BCUT2D eigenvalue weighted by Crippen LogP contribution is 2.38. The maximum absolute atomic E-state index is 13.4. The van der Waals surface area contributed by atoms with Crippen molar-refractivity contribution in [3.05, 3.63) is 73.4 Å². The minimum absolute atomic E-state index is 0.000699. The van der Waals surface area contributed by atoms with Gasteiger partial charge in [0, 0.05) is 57.0 Å². The molecule has 3 aromatic rings. The smallest absolute Gasteiger partial charge is 0.257 e. The summed E-state index contributed by atoms with van der Waals surface area (Å²) in [5.74, 6) is 2.41. The zero-order valence-corrected chi connectivity index (χ0v) is 25.3. The minimum atomic E-state index is -0.000699. The summed E-state index contributed by atoms with van der Waals surface area (Å²) in [6.45, 7) is 10.6. The number of rotatable bonds is 10. The Hall–Kier alpha value is -1.99. The Balaban J connectivity index is 2.37. The predicted molar refractivity (Wildman–Crippen MR) is 166 cm³/mol. The van der Waals surface area contributed by atoms with Gasteiger partial charge >= 0.3 is 0 Å². The van der Waals surface area contributed by atoms with Gasteiger partial charge in [-0.3, -0.25) is 4.79 Å². The summed E-state index contributed by atoms with van der Waals surface area (Å²) in [4.78, 5) is 13.4. The van der Waals surface area contributed by atoms with Crippen LogP contribution in [0, 0.1) is 5.92 Å². The van der Waals surface area contributed by atoms with Crippen LogP contribution in [0.2, 0.25) is 10.0 Å². The molecule has 0 fully saturated rings. The fraction of sp³-hybridized carbons (Fsp3) is 0.345. The molecule has 0 saturated carbocycles. The molecular weight excluding hydrogens is 543 g/mol. The number of pyridine rings is 1. The Morgan fingerprint density at radius 1 is 1.11 bits per heavy atom. The first kappa shape index (κ1) is 29.6. The molecule has 0 amide bonds. The lowest BCUT2D eigenvalue weighted by Gasteiger charge is -2.17. The Morgan fingerprint density at radius 3 is 2.49 bits per heavy atom. The summed E-state index contributed by atoms with van der Waals surface area (Å²) in [7, 11) is 5.12. The largest absolute Gasteiger partial charge is 0.455 e. The van der Waals surface area contributed by atoms with E-state index in [1.807, 2.05) is 18.3 Å². The molecule has 3 rings (SSSR count). The number of hydrogen-bond acceptors (Lipinski definition) is 5. The highest BCUT2D eigenvalue weighted by Gasteiger charge is 2.16. The standard InChI is InChI=1S/C29H34Cl2N2O2S2/c1-7-18(4)14-23-28(19(5)8-2)24(17-33(6)29(23)34)22-16-21(32-37-36-9-3)11-13-26(22)35-27-12-10-20(30)15-25(27)31/h10-18,32H,7-9H2,1-6H3/b23-14+,28-19-. The topological polar surface area (TPSA) is 43.3 Å². The van der Waals surface area contributed by atoms with E-state index in [1.54, 1.807) is 51.6 Å². The van der Waals surface area contributed by atoms with Crippen molar-refractivity contribution >= 4 is 62.3 Å². The van der Waals surface area contributed by atoms with Crippen LogP contribution in [0.15, 0.2) is 47.4 Å². The molecule has 0 radical (unpaired) electrons. The second kappa shape index (κ2) is 13.7. The fourth-order valence-corrected chi connectivity index (χ4v) is 5.53. The monoisotopic (exact) mass is 576 g/mol. The lowest BCUT2D eigenvalue weighted by molar-refractivity contribution is 0.484. The number of halogens is 2. The SMILES string of the molecule is CCSSNc1ccc(Oc2ccc(Cl)cc2Cl)c(-c2cn(C)c(=O)c(=C/C(C)CC)/c2=C(\C)CC)c1. The van der Waals surface area contributed by atoms with Gasteiger partial charge in [0.25, 0.3) is 5.56 Å². The van der Waals surface area contributed by atoms with Crippen molar-refractivity contribution in [1.29, 1.82) is 0 Å². The van der Waals surface area contributed by atoms with Gasteiger partial charge in [-0.15, -0.1) is 0 Å². The van der Waals surface area contributed by atoms with Crippen molar-refractivity contribution in [1.82, 2.24) is 4.57 Å². The number of nitrogens with one attached hydrogen (secondary N) is 1. The van der Waals surface area contributed by atoms with Crippen molar-refractivity contribution in [2.45, 2.75) is 47.5 Å². The van der Waals surface area contributed by atoms with E-state index in [1.165, 1.54) is 0 Å². The molecule has 2 aromatic carbocycles. The van der Waals surface area contributed by atoms with E-state index in [0.29, 0.717) is 21.5 Å². The molecule has 0 saturated heterocycles. The number of ether oxygens (including phenoxy) is 1. The lowest BCUT2D eigenvalue weighted by atomic mass is 9.97. The molecule has 1 N–H and O–H groups in total. The van der Waals surface area contributed by atoms with Gasteiger partial charge in [0.2, 0.25) is 0 Å². The third kappa shape index (κ3) is 7.32. The fourth-order valence-electron chi connectivity index (χ4n) is 3.86. The quantitative estimate of drug-likeness (QED) is 0.149. The number of nitrogens with zero attached hydrogens (tertiary/aromatic N) is 1. The van der Waals surface area contributed by atoms with Crippen molar-refractivity contribution in [3.63, 3.8) is 0 Å². The number of anilines is 1. The first-order valence-corrected chi connectivity index (χ1v) is 15.5. The zero-order chi connectivity index (χ0) is 27.1. The van der Waals surface area contributed by atoms with E-state index < -0.39 is 0 Å². The van der Waals surface area contributed by atoms with E-state index in [0.717, 1.165) is 51.4 Å². The first-order valence-electron chi connectivity index (χ1n) is 12.4. The maximum atomic E-state index is 13.4. The van der Waals surface area contributed by atoms with E-state index >= 15 is 0 Å². The summed E-state index contributed by atoms with van der Waals surface area (Å²) in [6.07, 6.45) is 5.79. The van der Waals surface area contributed by atoms with Crippen molar-refractivity contribution in [3.8, 4) is 22.6 Å². The second-order valence-corrected chi connectivity index (χ2v) is 12.1. The van der Waals surface area contributed by atoms with Crippen LogP contribution in [-0.4, -0.2) is 10.3 Å².